The largest absolute Gasteiger partial charge is 0.486 e. The number of halogens is 1. The fraction of sp³-hybridized carbons (Fsp3) is 0.429. The number of likely N-dealkylation sites (tertiary alicyclic amines) is 1. The van der Waals surface area contributed by atoms with Gasteiger partial charge in [0.25, 0.3) is 0 Å². The van der Waals surface area contributed by atoms with Crippen LogP contribution in [0.3, 0.4) is 0 Å². The maximum Gasteiger partial charge on any atom is 0.145 e. The van der Waals surface area contributed by atoms with Gasteiger partial charge in [-0.05, 0) is 36.4 Å². The van der Waals surface area contributed by atoms with E-state index < -0.39 is 0 Å². The van der Waals surface area contributed by atoms with E-state index in [0.29, 0.717) is 19.0 Å². The topological polar surface area (TPSA) is 30.9 Å². The van der Waals surface area contributed by atoms with Gasteiger partial charge in [-0.1, -0.05) is 18.2 Å². The molecule has 27 heavy (non-hydrogen) atoms. The van der Waals surface area contributed by atoms with E-state index in [0.717, 1.165) is 25.4 Å². The minimum absolute atomic E-state index is 0.0912. The SMILES string of the molecule is Fc1ccc(OC2CO[C@H]3CN(CCSc4ccccc4)C[C@@H]3OC2)cc1. The van der Waals surface area contributed by atoms with Crippen LogP contribution in [0.1, 0.15) is 0 Å². The summed E-state index contributed by atoms with van der Waals surface area (Å²) in [5.74, 6) is 1.43. The average molecular weight is 389 g/mol. The maximum atomic E-state index is 13.0. The molecule has 0 saturated carbocycles. The monoisotopic (exact) mass is 389 g/mol. The molecule has 2 aliphatic heterocycles. The van der Waals surface area contributed by atoms with E-state index in [1.165, 1.54) is 17.0 Å². The summed E-state index contributed by atoms with van der Waals surface area (Å²) < 4.78 is 31.0. The van der Waals surface area contributed by atoms with Crippen LogP contribution in [0.4, 0.5) is 4.39 Å². The quantitative estimate of drug-likeness (QED) is 0.706. The maximum absolute atomic E-state index is 13.0. The fourth-order valence-corrected chi connectivity index (χ4v) is 4.35. The Hall–Kier alpha value is -1.60. The Balaban J connectivity index is 1.21. The lowest BCUT2D eigenvalue weighted by molar-refractivity contribution is -0.00461. The van der Waals surface area contributed by atoms with Gasteiger partial charge in [0.1, 0.15) is 17.7 Å². The summed E-state index contributed by atoms with van der Waals surface area (Å²) in [6.45, 7) is 3.79. The van der Waals surface area contributed by atoms with Crippen LogP contribution in [0.5, 0.6) is 5.75 Å². The Morgan fingerprint density at radius 1 is 0.963 bits per heavy atom. The highest BCUT2D eigenvalue weighted by Crippen LogP contribution is 2.24. The Labute approximate surface area is 163 Å². The van der Waals surface area contributed by atoms with Crippen LogP contribution >= 0.6 is 11.8 Å². The van der Waals surface area contributed by atoms with E-state index in [9.17, 15) is 4.39 Å². The van der Waals surface area contributed by atoms with E-state index in [-0.39, 0.29) is 24.1 Å². The molecule has 2 heterocycles. The third kappa shape index (κ3) is 5.23. The molecule has 2 fully saturated rings. The zero-order chi connectivity index (χ0) is 18.5. The van der Waals surface area contributed by atoms with Crippen LogP contribution in [-0.4, -0.2) is 61.8 Å². The van der Waals surface area contributed by atoms with Crippen molar-refractivity contribution < 1.29 is 18.6 Å². The molecule has 0 aromatic heterocycles. The number of benzene rings is 2. The third-order valence-corrected chi connectivity index (χ3v) is 5.81. The molecule has 2 saturated heterocycles. The molecule has 0 amide bonds. The number of rotatable bonds is 6. The summed E-state index contributed by atoms with van der Waals surface area (Å²) in [4.78, 5) is 3.71. The molecule has 0 N–H and O–H groups in total. The lowest BCUT2D eigenvalue weighted by atomic mass is 10.3. The summed E-state index contributed by atoms with van der Waals surface area (Å²) >= 11 is 1.88. The van der Waals surface area contributed by atoms with Crippen molar-refractivity contribution in [2.75, 3.05) is 38.6 Å². The third-order valence-electron chi connectivity index (χ3n) is 4.82. The van der Waals surface area contributed by atoms with Crippen molar-refractivity contribution in [3.05, 3.63) is 60.4 Å². The predicted molar refractivity (Wildman–Crippen MR) is 104 cm³/mol. The second-order valence-corrected chi connectivity index (χ2v) is 8.03. The number of thioether (sulfide) groups is 1. The first-order chi connectivity index (χ1) is 13.3. The van der Waals surface area contributed by atoms with Gasteiger partial charge in [0, 0.05) is 30.3 Å². The lowest BCUT2D eigenvalue weighted by Crippen LogP contribution is -2.30. The highest BCUT2D eigenvalue weighted by atomic mass is 32.2. The van der Waals surface area contributed by atoms with Crippen LogP contribution < -0.4 is 4.74 Å². The molecule has 4 rings (SSSR count). The van der Waals surface area contributed by atoms with Crippen molar-refractivity contribution in [2.45, 2.75) is 23.2 Å². The number of hydrogen-bond donors (Lipinski definition) is 0. The minimum atomic E-state index is -0.268. The van der Waals surface area contributed by atoms with Gasteiger partial charge in [0.05, 0.1) is 25.4 Å². The molecule has 0 bridgehead atoms. The molecule has 0 aliphatic carbocycles. The van der Waals surface area contributed by atoms with Crippen LogP contribution in [0.2, 0.25) is 0 Å². The lowest BCUT2D eigenvalue weighted by Gasteiger charge is -2.19. The number of fused-ring (bicyclic) bond motifs is 1. The fourth-order valence-electron chi connectivity index (χ4n) is 3.41. The highest BCUT2D eigenvalue weighted by Gasteiger charge is 2.37. The Morgan fingerprint density at radius 2 is 1.63 bits per heavy atom. The standard InChI is InChI=1S/C21H24FNO3S/c22-16-6-8-17(9-7-16)26-18-14-24-20-12-23(13-21(20)25-15-18)10-11-27-19-4-2-1-3-5-19/h1-9,18,20-21H,10-15H2/t20-,21-/m0/s1. The molecular formula is C21H24FNO3S. The van der Waals surface area contributed by atoms with Gasteiger partial charge in [-0.25, -0.2) is 4.39 Å². The first-order valence-corrected chi connectivity index (χ1v) is 10.3. The zero-order valence-electron chi connectivity index (χ0n) is 15.1. The predicted octanol–water partition coefficient (Wildman–Crippen LogP) is 3.47. The van der Waals surface area contributed by atoms with Crippen LogP contribution in [0.25, 0.3) is 0 Å². The van der Waals surface area contributed by atoms with E-state index in [1.807, 2.05) is 17.8 Å². The molecule has 2 aliphatic rings. The summed E-state index contributed by atoms with van der Waals surface area (Å²) in [5, 5.41) is 0. The smallest absolute Gasteiger partial charge is 0.145 e. The van der Waals surface area contributed by atoms with Gasteiger partial charge >= 0.3 is 0 Å². The van der Waals surface area contributed by atoms with E-state index in [4.69, 9.17) is 14.2 Å². The minimum Gasteiger partial charge on any atom is -0.486 e. The Kier molecular flexibility index (Phi) is 6.29. The summed E-state index contributed by atoms with van der Waals surface area (Å²) in [6, 6.07) is 16.5. The first kappa shape index (κ1) is 18.7. The molecule has 6 heteroatoms. The van der Waals surface area contributed by atoms with Crippen LogP contribution in [0, 0.1) is 5.82 Å². The molecular weight excluding hydrogens is 365 g/mol. The Bertz CT molecular complexity index is 699. The van der Waals surface area contributed by atoms with Crippen molar-refractivity contribution in [3.63, 3.8) is 0 Å². The van der Waals surface area contributed by atoms with Crippen LogP contribution in [-0.2, 0) is 9.47 Å². The van der Waals surface area contributed by atoms with Crippen molar-refractivity contribution in [1.29, 1.82) is 0 Å². The molecule has 2 atom stereocenters. The van der Waals surface area contributed by atoms with Gasteiger partial charge in [-0.2, -0.15) is 0 Å². The van der Waals surface area contributed by atoms with Crippen molar-refractivity contribution in [1.82, 2.24) is 4.90 Å². The van der Waals surface area contributed by atoms with E-state index in [2.05, 4.69) is 29.2 Å². The van der Waals surface area contributed by atoms with Gasteiger partial charge in [0.2, 0.25) is 0 Å². The van der Waals surface area contributed by atoms with E-state index >= 15 is 0 Å². The molecule has 2 aromatic carbocycles. The van der Waals surface area contributed by atoms with Crippen molar-refractivity contribution in [3.8, 4) is 5.75 Å². The van der Waals surface area contributed by atoms with Gasteiger partial charge in [0.15, 0.2) is 0 Å². The number of nitrogens with zero attached hydrogens (tertiary/aromatic N) is 1. The number of ether oxygens (including phenoxy) is 3. The van der Waals surface area contributed by atoms with Crippen molar-refractivity contribution in [2.24, 2.45) is 0 Å². The molecule has 0 spiro atoms. The van der Waals surface area contributed by atoms with Gasteiger partial charge in [-0.15, -0.1) is 11.8 Å². The average Bonchev–Trinajstić information content (AvgIpc) is 2.99. The first-order valence-electron chi connectivity index (χ1n) is 9.32. The van der Waals surface area contributed by atoms with Crippen LogP contribution in [0.15, 0.2) is 59.5 Å². The second kappa shape index (κ2) is 9.06. The molecule has 0 radical (unpaired) electrons. The second-order valence-electron chi connectivity index (χ2n) is 6.86. The summed E-state index contributed by atoms with van der Waals surface area (Å²) in [7, 11) is 0. The molecule has 2 aromatic rings. The molecule has 144 valence electrons. The van der Waals surface area contributed by atoms with Gasteiger partial charge < -0.3 is 14.2 Å². The molecule has 0 unspecified atom stereocenters. The highest BCUT2D eigenvalue weighted by molar-refractivity contribution is 7.99. The van der Waals surface area contributed by atoms with Crippen molar-refractivity contribution >= 4 is 11.8 Å². The Morgan fingerprint density at radius 3 is 2.30 bits per heavy atom. The van der Waals surface area contributed by atoms with Gasteiger partial charge in [-0.3, -0.25) is 4.90 Å². The zero-order valence-corrected chi connectivity index (χ0v) is 15.9. The number of hydrogen-bond acceptors (Lipinski definition) is 5. The molecule has 4 nitrogen and oxygen atoms in total. The van der Waals surface area contributed by atoms with E-state index in [1.54, 1.807) is 12.1 Å². The summed E-state index contributed by atoms with van der Waals surface area (Å²) in [6.07, 6.45) is 0.0187. The normalized spacial score (nSPS) is 23.7. The summed E-state index contributed by atoms with van der Waals surface area (Å²) in [5.41, 5.74) is 0.